The molecule has 23 heavy (non-hydrogen) atoms. The second kappa shape index (κ2) is 5.59. The molecule has 4 nitrogen and oxygen atoms in total. The Morgan fingerprint density at radius 3 is 2.83 bits per heavy atom. The summed E-state index contributed by atoms with van der Waals surface area (Å²) in [6, 6.07) is 8.35. The molecule has 0 spiro atoms. The molecule has 1 atom stereocenters. The first-order valence-electron chi connectivity index (χ1n) is 7.61. The Labute approximate surface area is 139 Å². The minimum atomic E-state index is 0.199. The molecule has 2 aliphatic rings. The quantitative estimate of drug-likeness (QED) is 0.888. The summed E-state index contributed by atoms with van der Waals surface area (Å²) in [6.07, 6.45) is 8.56. The van der Waals surface area contributed by atoms with E-state index in [4.69, 9.17) is 4.98 Å². The maximum atomic E-state index is 4.76. The number of aryl methyl sites for hydroxylation is 1. The van der Waals surface area contributed by atoms with Crippen molar-refractivity contribution in [3.63, 3.8) is 0 Å². The Hall–Kier alpha value is -2.53. The second-order valence-corrected chi connectivity index (χ2v) is 6.58. The fourth-order valence-electron chi connectivity index (χ4n) is 2.84. The zero-order valence-electron chi connectivity index (χ0n) is 13.1. The molecule has 2 N–H and O–H groups in total. The Bertz CT molecular complexity index is 814. The fraction of sp³-hybridized carbons (Fsp3) is 0.167. The van der Waals surface area contributed by atoms with Crippen LogP contribution in [-0.4, -0.2) is 16.0 Å². The van der Waals surface area contributed by atoms with Crippen LogP contribution in [0.4, 0.5) is 10.8 Å². The summed E-state index contributed by atoms with van der Waals surface area (Å²) in [6.45, 7) is 4.19. The van der Waals surface area contributed by atoms with Crippen molar-refractivity contribution in [1.82, 2.24) is 15.2 Å². The molecule has 1 aromatic heterocycles. The van der Waals surface area contributed by atoms with Crippen LogP contribution in [0, 0.1) is 6.92 Å². The van der Waals surface area contributed by atoms with E-state index in [1.54, 1.807) is 11.3 Å². The molecule has 0 amide bonds. The number of allylic oxidation sites excluding steroid dienone is 3. The summed E-state index contributed by atoms with van der Waals surface area (Å²) in [4.78, 5) is 6.98. The summed E-state index contributed by atoms with van der Waals surface area (Å²) < 4.78 is 0. The molecule has 1 unspecified atom stereocenters. The van der Waals surface area contributed by atoms with Crippen molar-refractivity contribution in [2.24, 2.45) is 0 Å². The first kappa shape index (κ1) is 14.1. The van der Waals surface area contributed by atoms with Crippen LogP contribution in [0.25, 0.3) is 5.70 Å². The minimum Gasteiger partial charge on any atom is -0.364 e. The number of aromatic nitrogens is 1. The Morgan fingerprint density at radius 1 is 1.17 bits per heavy atom. The van der Waals surface area contributed by atoms with Crippen LogP contribution in [0.3, 0.4) is 0 Å². The summed E-state index contributed by atoms with van der Waals surface area (Å²) in [5.74, 6) is 0. The van der Waals surface area contributed by atoms with Gasteiger partial charge < -0.3 is 15.5 Å². The van der Waals surface area contributed by atoms with Gasteiger partial charge in [-0.05, 0) is 38.1 Å². The lowest BCUT2D eigenvalue weighted by molar-refractivity contribution is 0.437. The molecule has 2 aliphatic heterocycles. The number of hydrogen-bond donors (Lipinski definition) is 2. The van der Waals surface area contributed by atoms with Gasteiger partial charge in [0.2, 0.25) is 0 Å². The smallest absolute Gasteiger partial charge is 0.187 e. The number of nitrogens with one attached hydrogen (secondary N) is 2. The molecule has 0 fully saturated rings. The molecule has 4 rings (SSSR count). The number of anilines is 2. The van der Waals surface area contributed by atoms with Gasteiger partial charge in [0.1, 0.15) is 11.9 Å². The third kappa shape index (κ3) is 2.64. The molecule has 1 aromatic carbocycles. The van der Waals surface area contributed by atoms with E-state index in [-0.39, 0.29) is 6.17 Å². The van der Waals surface area contributed by atoms with E-state index in [1.807, 2.05) is 0 Å². The van der Waals surface area contributed by atoms with Crippen molar-refractivity contribution in [3.8, 4) is 0 Å². The summed E-state index contributed by atoms with van der Waals surface area (Å²) >= 11 is 1.62. The van der Waals surface area contributed by atoms with E-state index in [2.05, 4.69) is 83.5 Å². The minimum absolute atomic E-state index is 0.199. The van der Waals surface area contributed by atoms with Crippen molar-refractivity contribution in [2.45, 2.75) is 20.0 Å². The van der Waals surface area contributed by atoms with Gasteiger partial charge in [-0.25, -0.2) is 4.98 Å². The maximum Gasteiger partial charge on any atom is 0.187 e. The van der Waals surface area contributed by atoms with Gasteiger partial charge in [-0.3, -0.25) is 0 Å². The normalized spacial score (nSPS) is 19.0. The van der Waals surface area contributed by atoms with Gasteiger partial charge in [-0.1, -0.05) is 23.8 Å². The standard InChI is InChI=1S/C18H18N4S/c1-12-6-8-14(9-7-12)20-18-21-15(11-23-18)17-13(2)19-16-5-3-4-10-22(16)17/h3-11,16,19H,1-2H3,(H,20,21). The van der Waals surface area contributed by atoms with Crippen LogP contribution < -0.4 is 10.6 Å². The van der Waals surface area contributed by atoms with E-state index in [1.165, 1.54) is 5.56 Å². The lowest BCUT2D eigenvalue weighted by Gasteiger charge is -2.24. The first-order valence-corrected chi connectivity index (χ1v) is 8.49. The van der Waals surface area contributed by atoms with E-state index >= 15 is 0 Å². The molecule has 0 aliphatic carbocycles. The maximum absolute atomic E-state index is 4.76. The Kier molecular flexibility index (Phi) is 3.42. The van der Waals surface area contributed by atoms with Gasteiger partial charge in [0.05, 0.1) is 5.70 Å². The number of nitrogens with zero attached hydrogens (tertiary/aromatic N) is 2. The fourth-order valence-corrected chi connectivity index (χ4v) is 3.55. The van der Waals surface area contributed by atoms with Crippen LogP contribution in [0.5, 0.6) is 0 Å². The van der Waals surface area contributed by atoms with E-state index in [0.717, 1.165) is 27.9 Å². The highest BCUT2D eigenvalue weighted by Crippen LogP contribution is 2.33. The average molecular weight is 322 g/mol. The second-order valence-electron chi connectivity index (χ2n) is 5.73. The van der Waals surface area contributed by atoms with Gasteiger partial charge in [0.25, 0.3) is 0 Å². The van der Waals surface area contributed by atoms with E-state index < -0.39 is 0 Å². The molecule has 116 valence electrons. The predicted molar refractivity (Wildman–Crippen MR) is 96.2 cm³/mol. The van der Waals surface area contributed by atoms with Crippen molar-refractivity contribution in [1.29, 1.82) is 0 Å². The monoisotopic (exact) mass is 322 g/mol. The predicted octanol–water partition coefficient (Wildman–Crippen LogP) is 4.20. The van der Waals surface area contributed by atoms with Gasteiger partial charge in [0, 0.05) is 23.0 Å². The molecule has 0 bridgehead atoms. The molecule has 0 radical (unpaired) electrons. The largest absolute Gasteiger partial charge is 0.364 e. The number of thiazole rings is 1. The SMILES string of the molecule is CC1=C(c2csc(Nc3ccc(C)cc3)n2)N2C=CC=CC2N1. The highest BCUT2D eigenvalue weighted by atomic mass is 32.1. The van der Waals surface area contributed by atoms with Crippen LogP contribution in [0.1, 0.15) is 18.2 Å². The number of rotatable bonds is 3. The third-order valence-electron chi connectivity index (χ3n) is 3.98. The molecule has 2 aromatic rings. The van der Waals surface area contributed by atoms with E-state index in [0.29, 0.717) is 0 Å². The van der Waals surface area contributed by atoms with Gasteiger partial charge in [-0.15, -0.1) is 11.3 Å². The highest BCUT2D eigenvalue weighted by Gasteiger charge is 2.29. The van der Waals surface area contributed by atoms with Crippen molar-refractivity contribution < 1.29 is 0 Å². The average Bonchev–Trinajstić information content (AvgIpc) is 3.12. The summed E-state index contributed by atoms with van der Waals surface area (Å²) in [5, 5.41) is 9.87. The van der Waals surface area contributed by atoms with Gasteiger partial charge in [0.15, 0.2) is 5.13 Å². The molecular formula is C18H18N4S. The van der Waals surface area contributed by atoms with E-state index in [9.17, 15) is 0 Å². The zero-order chi connectivity index (χ0) is 15.8. The highest BCUT2D eigenvalue weighted by molar-refractivity contribution is 7.13. The molecule has 0 saturated carbocycles. The van der Waals surface area contributed by atoms with Crippen LogP contribution in [0.2, 0.25) is 0 Å². The number of benzene rings is 1. The van der Waals surface area contributed by atoms with Crippen molar-refractivity contribution in [2.75, 3.05) is 5.32 Å². The lowest BCUT2D eigenvalue weighted by Crippen LogP contribution is -2.32. The van der Waals surface area contributed by atoms with Crippen LogP contribution in [0.15, 0.2) is 59.8 Å². The Morgan fingerprint density at radius 2 is 2.00 bits per heavy atom. The lowest BCUT2D eigenvalue weighted by atomic mass is 10.2. The summed E-state index contributed by atoms with van der Waals surface area (Å²) in [7, 11) is 0. The van der Waals surface area contributed by atoms with Crippen LogP contribution >= 0.6 is 11.3 Å². The topological polar surface area (TPSA) is 40.2 Å². The van der Waals surface area contributed by atoms with Crippen molar-refractivity contribution in [3.05, 3.63) is 71.0 Å². The number of hydrogen-bond acceptors (Lipinski definition) is 5. The summed E-state index contributed by atoms with van der Waals surface area (Å²) in [5.41, 5.74) is 5.61. The van der Waals surface area contributed by atoms with Gasteiger partial charge in [-0.2, -0.15) is 0 Å². The Balaban J connectivity index is 1.58. The molecule has 0 saturated heterocycles. The molecule has 5 heteroatoms. The number of fused-ring (bicyclic) bond motifs is 1. The van der Waals surface area contributed by atoms with Gasteiger partial charge >= 0.3 is 0 Å². The molecular weight excluding hydrogens is 304 g/mol. The van der Waals surface area contributed by atoms with Crippen LogP contribution in [-0.2, 0) is 0 Å². The van der Waals surface area contributed by atoms with Crippen molar-refractivity contribution >= 4 is 27.9 Å². The zero-order valence-corrected chi connectivity index (χ0v) is 13.9. The first-order chi connectivity index (χ1) is 11.2. The molecule has 3 heterocycles. The third-order valence-corrected chi connectivity index (χ3v) is 4.74.